The quantitative estimate of drug-likeness (QED) is 0.668. The van der Waals surface area contributed by atoms with Crippen molar-refractivity contribution in [3.8, 4) is 5.75 Å². The molecule has 0 unspecified atom stereocenters. The molecule has 1 aromatic rings. The van der Waals surface area contributed by atoms with Gasteiger partial charge in [0.05, 0.1) is 5.33 Å². The number of ketones is 1. The molecular formula is C10H9BrF2O2S. The van der Waals surface area contributed by atoms with Crippen molar-refractivity contribution in [2.45, 2.75) is 17.9 Å². The van der Waals surface area contributed by atoms with E-state index in [0.717, 1.165) is 0 Å². The number of rotatable bonds is 5. The summed E-state index contributed by atoms with van der Waals surface area (Å²) in [5.74, 6) is -0.127. The van der Waals surface area contributed by atoms with Gasteiger partial charge in [0.2, 0.25) is 0 Å². The maximum absolute atomic E-state index is 12.1. The first-order valence-corrected chi connectivity index (χ1v) is 5.94. The molecule has 16 heavy (non-hydrogen) atoms. The summed E-state index contributed by atoms with van der Waals surface area (Å²) in [7, 11) is 0. The lowest BCUT2D eigenvalue weighted by Gasteiger charge is -2.11. The lowest BCUT2D eigenvalue weighted by atomic mass is 10.1. The van der Waals surface area contributed by atoms with Gasteiger partial charge < -0.3 is 4.74 Å². The monoisotopic (exact) mass is 310 g/mol. The molecule has 6 heteroatoms. The summed E-state index contributed by atoms with van der Waals surface area (Å²) >= 11 is 7.12. The summed E-state index contributed by atoms with van der Waals surface area (Å²) in [4.78, 5) is 11.7. The van der Waals surface area contributed by atoms with Crippen LogP contribution in [-0.4, -0.2) is 17.7 Å². The van der Waals surface area contributed by atoms with E-state index in [9.17, 15) is 13.6 Å². The van der Waals surface area contributed by atoms with Crippen molar-refractivity contribution in [2.75, 3.05) is 5.33 Å². The number of carbonyl (C=O) groups excluding carboxylic acids is 1. The molecule has 0 bridgehead atoms. The van der Waals surface area contributed by atoms with E-state index in [1.54, 1.807) is 12.1 Å². The Morgan fingerprint density at radius 2 is 2.19 bits per heavy atom. The van der Waals surface area contributed by atoms with Crippen LogP contribution < -0.4 is 4.74 Å². The maximum atomic E-state index is 12.1. The number of ether oxygens (including phenoxy) is 1. The molecule has 0 aromatic heterocycles. The Bertz CT molecular complexity index is 385. The number of hydrogen-bond acceptors (Lipinski definition) is 3. The average molecular weight is 311 g/mol. The van der Waals surface area contributed by atoms with Crippen molar-refractivity contribution in [3.05, 3.63) is 23.8 Å². The van der Waals surface area contributed by atoms with Crippen molar-refractivity contribution in [1.82, 2.24) is 0 Å². The normalized spacial score (nSPS) is 10.6. The van der Waals surface area contributed by atoms with Gasteiger partial charge in [-0.1, -0.05) is 22.0 Å². The Balaban J connectivity index is 2.98. The Morgan fingerprint density at radius 1 is 1.50 bits per heavy atom. The smallest absolute Gasteiger partial charge is 0.387 e. The molecule has 0 fully saturated rings. The molecule has 0 amide bonds. The van der Waals surface area contributed by atoms with Gasteiger partial charge in [0.15, 0.2) is 0 Å². The molecule has 0 saturated heterocycles. The molecule has 0 radical (unpaired) electrons. The van der Waals surface area contributed by atoms with Crippen LogP contribution in [-0.2, 0) is 11.2 Å². The van der Waals surface area contributed by atoms with Crippen LogP contribution >= 0.6 is 28.6 Å². The minimum atomic E-state index is -2.91. The molecule has 0 aliphatic rings. The molecule has 88 valence electrons. The molecule has 0 spiro atoms. The number of halogens is 3. The van der Waals surface area contributed by atoms with Crippen molar-refractivity contribution in [3.63, 3.8) is 0 Å². The first-order chi connectivity index (χ1) is 7.54. The van der Waals surface area contributed by atoms with Gasteiger partial charge in [-0.25, -0.2) is 0 Å². The molecule has 0 heterocycles. The van der Waals surface area contributed by atoms with Gasteiger partial charge in [-0.3, -0.25) is 4.79 Å². The predicted molar refractivity (Wildman–Crippen MR) is 62.8 cm³/mol. The summed E-state index contributed by atoms with van der Waals surface area (Å²) < 4.78 is 28.5. The number of alkyl halides is 3. The Hall–Kier alpha value is -0.620. The highest BCUT2D eigenvalue weighted by atomic mass is 79.9. The van der Waals surface area contributed by atoms with E-state index in [-0.39, 0.29) is 23.3 Å². The molecule has 0 aliphatic carbocycles. The highest BCUT2D eigenvalue weighted by molar-refractivity contribution is 9.09. The average Bonchev–Trinajstić information content (AvgIpc) is 2.22. The fourth-order valence-electron chi connectivity index (χ4n) is 1.18. The van der Waals surface area contributed by atoms with Crippen LogP contribution in [0.25, 0.3) is 0 Å². The first-order valence-electron chi connectivity index (χ1n) is 4.38. The number of Topliss-reactive ketones (excluding diaryl/α,β-unsaturated/α-hetero) is 1. The second-order valence-corrected chi connectivity index (χ2v) is 4.02. The van der Waals surface area contributed by atoms with Gasteiger partial charge in [0.25, 0.3) is 0 Å². The number of carbonyl (C=O) groups is 1. The van der Waals surface area contributed by atoms with Crippen molar-refractivity contribution in [2.24, 2.45) is 0 Å². The predicted octanol–water partition coefficient (Wildman–Crippen LogP) is 3.08. The van der Waals surface area contributed by atoms with E-state index >= 15 is 0 Å². The zero-order chi connectivity index (χ0) is 12.1. The third-order valence-corrected chi connectivity index (χ3v) is 2.89. The summed E-state index contributed by atoms with van der Waals surface area (Å²) in [6, 6.07) is 4.56. The van der Waals surface area contributed by atoms with Gasteiger partial charge >= 0.3 is 6.61 Å². The molecule has 0 atom stereocenters. The second-order valence-electron chi connectivity index (χ2n) is 2.98. The first kappa shape index (κ1) is 13.4. The Labute approximate surface area is 106 Å². The van der Waals surface area contributed by atoms with E-state index in [4.69, 9.17) is 0 Å². The van der Waals surface area contributed by atoms with Crippen LogP contribution in [0.1, 0.15) is 5.56 Å². The van der Waals surface area contributed by atoms with Crippen LogP contribution in [0.15, 0.2) is 23.1 Å². The molecule has 0 aliphatic heterocycles. The van der Waals surface area contributed by atoms with E-state index in [1.165, 1.54) is 6.07 Å². The van der Waals surface area contributed by atoms with Crippen molar-refractivity contribution in [1.29, 1.82) is 0 Å². The van der Waals surface area contributed by atoms with E-state index in [1.807, 2.05) is 0 Å². The van der Waals surface area contributed by atoms with Gasteiger partial charge in [0, 0.05) is 16.9 Å². The SMILES string of the molecule is O=C(CBr)Cc1c(S)cccc1OC(F)F. The summed E-state index contributed by atoms with van der Waals surface area (Å²) in [5, 5.41) is 0.170. The molecule has 0 N–H and O–H groups in total. The fourth-order valence-corrected chi connectivity index (χ4v) is 1.66. The largest absolute Gasteiger partial charge is 0.434 e. The standard InChI is InChI=1S/C10H9BrF2O2S/c11-5-6(14)4-7-8(15-10(12)13)2-1-3-9(7)16/h1-3,10,16H,4-5H2. The zero-order valence-corrected chi connectivity index (χ0v) is 10.6. The maximum Gasteiger partial charge on any atom is 0.387 e. The van der Waals surface area contributed by atoms with E-state index in [0.29, 0.717) is 10.5 Å². The fraction of sp³-hybridized carbons (Fsp3) is 0.300. The minimum absolute atomic E-state index is 0.00296. The lowest BCUT2D eigenvalue weighted by molar-refractivity contribution is -0.116. The summed E-state index contributed by atoms with van der Waals surface area (Å²) in [5.41, 5.74) is 0.385. The number of hydrogen-bond donors (Lipinski definition) is 1. The van der Waals surface area contributed by atoms with Gasteiger partial charge in [0.1, 0.15) is 11.5 Å². The van der Waals surface area contributed by atoms with E-state index < -0.39 is 6.61 Å². The van der Waals surface area contributed by atoms with Gasteiger partial charge in [-0.05, 0) is 12.1 Å². The molecule has 2 nitrogen and oxygen atoms in total. The van der Waals surface area contributed by atoms with Crippen LogP contribution in [0.5, 0.6) is 5.75 Å². The molecular weight excluding hydrogens is 302 g/mol. The zero-order valence-electron chi connectivity index (χ0n) is 8.12. The third-order valence-electron chi connectivity index (χ3n) is 1.85. The van der Waals surface area contributed by atoms with E-state index in [2.05, 4.69) is 33.3 Å². The second kappa shape index (κ2) is 6.20. The number of benzene rings is 1. The Kier molecular flexibility index (Phi) is 5.21. The molecule has 1 aromatic carbocycles. The van der Waals surface area contributed by atoms with Crippen molar-refractivity contribution >= 4 is 34.3 Å². The van der Waals surface area contributed by atoms with Crippen molar-refractivity contribution < 1.29 is 18.3 Å². The highest BCUT2D eigenvalue weighted by Crippen LogP contribution is 2.27. The van der Waals surface area contributed by atoms with Crippen LogP contribution in [0.4, 0.5) is 8.78 Å². The summed E-state index contributed by atoms with van der Waals surface area (Å²) in [6.45, 7) is -2.91. The van der Waals surface area contributed by atoms with Crippen LogP contribution in [0.3, 0.4) is 0 Å². The topological polar surface area (TPSA) is 26.3 Å². The number of thiol groups is 1. The van der Waals surface area contributed by atoms with Gasteiger partial charge in [-0.15, -0.1) is 12.6 Å². The van der Waals surface area contributed by atoms with Crippen LogP contribution in [0.2, 0.25) is 0 Å². The molecule has 1 rings (SSSR count). The van der Waals surface area contributed by atoms with Crippen LogP contribution in [0, 0.1) is 0 Å². The molecule has 0 saturated carbocycles. The highest BCUT2D eigenvalue weighted by Gasteiger charge is 2.14. The van der Waals surface area contributed by atoms with Gasteiger partial charge in [-0.2, -0.15) is 8.78 Å². The minimum Gasteiger partial charge on any atom is -0.434 e. The lowest BCUT2D eigenvalue weighted by Crippen LogP contribution is -2.09. The Morgan fingerprint density at radius 3 is 2.75 bits per heavy atom. The third kappa shape index (κ3) is 3.75. The summed E-state index contributed by atoms with van der Waals surface area (Å²) in [6.07, 6.45) is 0.0208.